The molecule has 1 saturated heterocycles. The Balaban J connectivity index is 1.70. The molecule has 0 bridgehead atoms. The third-order valence-electron chi connectivity index (χ3n) is 4.69. The Labute approximate surface area is 152 Å². The van der Waals surface area contributed by atoms with Crippen LogP contribution >= 0.6 is 11.8 Å². The summed E-state index contributed by atoms with van der Waals surface area (Å²) in [6.07, 6.45) is 3.89. The molecule has 4 rings (SSSR count). The molecule has 2 aliphatic rings. The van der Waals surface area contributed by atoms with Gasteiger partial charge in [-0.1, -0.05) is 17.7 Å². The number of rotatable bonds is 5. The van der Waals surface area contributed by atoms with Crippen LogP contribution in [0, 0.1) is 12.8 Å². The van der Waals surface area contributed by atoms with Crippen LogP contribution in [0.1, 0.15) is 29.5 Å². The van der Waals surface area contributed by atoms with Crippen LogP contribution in [0.2, 0.25) is 0 Å². The van der Waals surface area contributed by atoms with Crippen molar-refractivity contribution in [2.24, 2.45) is 5.92 Å². The molecule has 1 aromatic carbocycles. The summed E-state index contributed by atoms with van der Waals surface area (Å²) < 4.78 is 27.4. The molecule has 1 unspecified atom stereocenters. The number of benzene rings is 1. The molecule has 1 aliphatic carbocycles. The van der Waals surface area contributed by atoms with E-state index < -0.39 is 10.0 Å². The number of aromatic nitrogens is 1. The van der Waals surface area contributed by atoms with Crippen molar-refractivity contribution in [3.8, 4) is 0 Å². The minimum Gasteiger partial charge on any atom is -0.324 e. The molecule has 132 valence electrons. The molecule has 2 aromatic rings. The van der Waals surface area contributed by atoms with E-state index in [0.29, 0.717) is 17.4 Å². The zero-order chi connectivity index (χ0) is 17.6. The molecule has 0 radical (unpaired) electrons. The number of nitrogens with zero attached hydrogens (tertiary/aromatic N) is 2. The zero-order valence-corrected chi connectivity index (χ0v) is 15.6. The first-order chi connectivity index (χ1) is 12.0. The lowest BCUT2D eigenvalue weighted by atomic mass is 10.2. The van der Waals surface area contributed by atoms with Gasteiger partial charge in [-0.2, -0.15) is 0 Å². The van der Waals surface area contributed by atoms with Crippen molar-refractivity contribution in [1.29, 1.82) is 0 Å². The van der Waals surface area contributed by atoms with Gasteiger partial charge in [0.2, 0.25) is 5.91 Å². The molecule has 1 aromatic heterocycles. The topological polar surface area (TPSA) is 59.4 Å². The highest BCUT2D eigenvalue weighted by Crippen LogP contribution is 2.42. The number of aryl methyl sites for hydroxylation is 1. The maximum atomic E-state index is 13.1. The van der Waals surface area contributed by atoms with Gasteiger partial charge in [0.25, 0.3) is 10.0 Å². The predicted molar refractivity (Wildman–Crippen MR) is 97.8 cm³/mol. The average Bonchev–Trinajstić information content (AvgIpc) is 3.13. The summed E-state index contributed by atoms with van der Waals surface area (Å²) >= 11 is 1.51. The molecule has 1 aliphatic heterocycles. The number of carbonyl (C=O) groups is 1. The maximum absolute atomic E-state index is 13.1. The second-order valence-corrected chi connectivity index (χ2v) is 9.58. The third kappa shape index (κ3) is 3.11. The molecule has 2 fully saturated rings. The van der Waals surface area contributed by atoms with E-state index in [-0.39, 0.29) is 16.2 Å². The molecule has 0 spiro atoms. The van der Waals surface area contributed by atoms with E-state index in [0.717, 1.165) is 24.9 Å². The molecular formula is C18H20N2O3S2. The lowest BCUT2D eigenvalue weighted by Gasteiger charge is -2.25. The van der Waals surface area contributed by atoms with Gasteiger partial charge in [0.15, 0.2) is 0 Å². The van der Waals surface area contributed by atoms with Gasteiger partial charge >= 0.3 is 0 Å². The minimum absolute atomic E-state index is 0.0994. The minimum atomic E-state index is -3.67. The molecule has 2 heterocycles. The van der Waals surface area contributed by atoms with E-state index in [1.807, 2.05) is 17.9 Å². The normalized spacial score (nSPS) is 21.1. The maximum Gasteiger partial charge on any atom is 0.267 e. The fourth-order valence-corrected chi connectivity index (χ4v) is 5.74. The van der Waals surface area contributed by atoms with Crippen molar-refractivity contribution >= 4 is 27.7 Å². The molecule has 25 heavy (non-hydrogen) atoms. The van der Waals surface area contributed by atoms with Crippen molar-refractivity contribution in [3.05, 3.63) is 53.9 Å². The Bertz CT molecular complexity index is 899. The highest BCUT2D eigenvalue weighted by atomic mass is 32.2. The van der Waals surface area contributed by atoms with Crippen molar-refractivity contribution in [1.82, 2.24) is 8.87 Å². The molecule has 5 nitrogen and oxygen atoms in total. The summed E-state index contributed by atoms with van der Waals surface area (Å²) in [4.78, 5) is 14.4. The van der Waals surface area contributed by atoms with Crippen molar-refractivity contribution < 1.29 is 13.2 Å². The Kier molecular flexibility index (Phi) is 4.16. The van der Waals surface area contributed by atoms with Gasteiger partial charge in [0.05, 0.1) is 16.3 Å². The van der Waals surface area contributed by atoms with Crippen molar-refractivity contribution in [2.45, 2.75) is 30.0 Å². The molecule has 1 amide bonds. The first-order valence-corrected chi connectivity index (χ1v) is 10.9. The summed E-state index contributed by atoms with van der Waals surface area (Å²) in [5.74, 6) is 1.08. The van der Waals surface area contributed by atoms with Crippen LogP contribution in [-0.4, -0.2) is 35.5 Å². The largest absolute Gasteiger partial charge is 0.324 e. The molecule has 0 N–H and O–H groups in total. The standard InChI is InChI=1S/C18H20N2O3S2/c1-13-4-8-15(9-5-13)25(22,23)20-10-2-3-16(20)18-19(11-14-6-7-14)17(21)12-24-18/h2-5,8-10,14,18H,6-7,11-12H2,1H3. The predicted octanol–water partition coefficient (Wildman–Crippen LogP) is 3.02. The van der Waals surface area contributed by atoms with Crippen LogP contribution in [0.4, 0.5) is 0 Å². The van der Waals surface area contributed by atoms with Gasteiger partial charge in [-0.05, 0) is 49.9 Å². The molecular weight excluding hydrogens is 356 g/mol. The summed E-state index contributed by atoms with van der Waals surface area (Å²) in [5, 5.41) is -0.233. The monoisotopic (exact) mass is 376 g/mol. The average molecular weight is 377 g/mol. The van der Waals surface area contributed by atoms with E-state index in [1.165, 1.54) is 15.7 Å². The second-order valence-electron chi connectivity index (χ2n) is 6.70. The van der Waals surface area contributed by atoms with Gasteiger partial charge < -0.3 is 4.90 Å². The van der Waals surface area contributed by atoms with Gasteiger partial charge in [0.1, 0.15) is 5.37 Å². The van der Waals surface area contributed by atoms with Crippen molar-refractivity contribution in [3.63, 3.8) is 0 Å². The van der Waals surface area contributed by atoms with Crippen LogP contribution < -0.4 is 0 Å². The number of amides is 1. The fourth-order valence-electron chi connectivity index (χ4n) is 3.09. The van der Waals surface area contributed by atoms with E-state index in [9.17, 15) is 13.2 Å². The van der Waals surface area contributed by atoms with E-state index in [1.54, 1.807) is 36.5 Å². The Morgan fingerprint density at radius 1 is 1.16 bits per heavy atom. The summed E-state index contributed by atoms with van der Waals surface area (Å²) in [7, 11) is -3.67. The smallest absolute Gasteiger partial charge is 0.267 e. The Morgan fingerprint density at radius 3 is 2.56 bits per heavy atom. The number of hydrogen-bond acceptors (Lipinski definition) is 4. The summed E-state index contributed by atoms with van der Waals surface area (Å²) in [6.45, 7) is 2.65. The van der Waals surface area contributed by atoms with Crippen LogP contribution in [0.15, 0.2) is 47.5 Å². The highest BCUT2D eigenvalue weighted by molar-refractivity contribution is 8.00. The van der Waals surface area contributed by atoms with Crippen LogP contribution in [-0.2, 0) is 14.8 Å². The Hall–Kier alpha value is -1.73. The van der Waals surface area contributed by atoms with E-state index >= 15 is 0 Å². The zero-order valence-electron chi connectivity index (χ0n) is 14.0. The number of carbonyl (C=O) groups excluding carboxylic acids is 1. The Morgan fingerprint density at radius 2 is 1.88 bits per heavy atom. The SMILES string of the molecule is Cc1ccc(S(=O)(=O)n2cccc2C2SCC(=O)N2CC2CC2)cc1. The molecule has 1 saturated carbocycles. The van der Waals surface area contributed by atoms with E-state index in [4.69, 9.17) is 0 Å². The lowest BCUT2D eigenvalue weighted by Crippen LogP contribution is -2.31. The van der Waals surface area contributed by atoms with Crippen LogP contribution in [0.3, 0.4) is 0 Å². The van der Waals surface area contributed by atoms with Gasteiger partial charge in [0, 0.05) is 12.7 Å². The van der Waals surface area contributed by atoms with Gasteiger partial charge in [-0.25, -0.2) is 12.4 Å². The van der Waals surface area contributed by atoms with Crippen molar-refractivity contribution in [2.75, 3.05) is 12.3 Å². The fraction of sp³-hybridized carbons (Fsp3) is 0.389. The summed E-state index contributed by atoms with van der Waals surface area (Å²) in [6, 6.07) is 10.4. The first kappa shape index (κ1) is 16.7. The van der Waals surface area contributed by atoms with Gasteiger partial charge in [-0.3, -0.25) is 4.79 Å². The number of hydrogen-bond donors (Lipinski definition) is 0. The quantitative estimate of drug-likeness (QED) is 0.805. The van der Waals surface area contributed by atoms with Crippen LogP contribution in [0.25, 0.3) is 0 Å². The molecule has 1 atom stereocenters. The highest BCUT2D eigenvalue weighted by Gasteiger charge is 2.39. The molecule has 7 heteroatoms. The second kappa shape index (κ2) is 6.21. The van der Waals surface area contributed by atoms with E-state index in [2.05, 4.69) is 0 Å². The van der Waals surface area contributed by atoms with Gasteiger partial charge in [-0.15, -0.1) is 11.8 Å². The third-order valence-corrected chi connectivity index (χ3v) is 7.64. The van der Waals surface area contributed by atoms with Crippen LogP contribution in [0.5, 0.6) is 0 Å². The number of thioether (sulfide) groups is 1. The summed E-state index contributed by atoms with van der Waals surface area (Å²) in [5.41, 5.74) is 1.66. The first-order valence-electron chi connectivity index (χ1n) is 8.37. The lowest BCUT2D eigenvalue weighted by molar-refractivity contribution is -0.128.